The maximum atomic E-state index is 5.81. The highest BCUT2D eigenvalue weighted by Gasteiger charge is 2.57. The predicted octanol–water partition coefficient (Wildman–Crippen LogP) is 2.72. The highest BCUT2D eigenvalue weighted by molar-refractivity contribution is 8.13. The van der Waals surface area contributed by atoms with Crippen LogP contribution in [0, 0.1) is 17.8 Å². The molecule has 2 nitrogen and oxygen atoms in total. The molecule has 4 aliphatic carbocycles. The van der Waals surface area contributed by atoms with Gasteiger partial charge in [-0.3, -0.25) is 0 Å². The molecule has 0 aromatic rings. The molecule has 0 spiro atoms. The van der Waals surface area contributed by atoms with E-state index in [9.17, 15) is 0 Å². The smallest absolute Gasteiger partial charge is 0.400 e. The molecule has 5 rings (SSSR count). The highest BCUT2D eigenvalue weighted by atomic mass is 32.2. The van der Waals surface area contributed by atoms with Gasteiger partial charge in [-0.25, -0.2) is 0 Å². The van der Waals surface area contributed by atoms with Crippen molar-refractivity contribution < 1.29 is 9.31 Å². The van der Waals surface area contributed by atoms with Gasteiger partial charge in [0.25, 0.3) is 0 Å². The van der Waals surface area contributed by atoms with Crippen LogP contribution in [-0.4, -0.2) is 34.8 Å². The average Bonchev–Trinajstić information content (AvgIpc) is 2.79. The van der Waals surface area contributed by atoms with Crippen LogP contribution in [0.5, 0.6) is 0 Å². The van der Waals surface area contributed by atoms with Gasteiger partial charge < -0.3 is 4.74 Å². The Hall–Kier alpha value is -0.180. The third-order valence-corrected chi connectivity index (χ3v) is 6.54. The van der Waals surface area contributed by atoms with E-state index in [0.29, 0.717) is 5.54 Å². The van der Waals surface area contributed by atoms with Crippen molar-refractivity contribution in [2.45, 2.75) is 44.1 Å². The first kappa shape index (κ1) is 10.7. The van der Waals surface area contributed by atoms with Crippen molar-refractivity contribution in [1.82, 2.24) is 0 Å². The summed E-state index contributed by atoms with van der Waals surface area (Å²) in [5, 5.41) is 1.21. The van der Waals surface area contributed by atoms with Crippen molar-refractivity contribution in [2.75, 3.05) is 19.4 Å². The Kier molecular flexibility index (Phi) is 2.31. The maximum absolute atomic E-state index is 5.81. The van der Waals surface area contributed by atoms with Crippen LogP contribution in [0.1, 0.15) is 38.5 Å². The molecule has 0 atom stereocenters. The van der Waals surface area contributed by atoms with Gasteiger partial charge in [0.2, 0.25) is 0 Å². The van der Waals surface area contributed by atoms with Gasteiger partial charge in [0.15, 0.2) is 5.54 Å². The summed E-state index contributed by atoms with van der Waals surface area (Å²) in [6.45, 7) is 0.913. The van der Waals surface area contributed by atoms with Crippen LogP contribution < -0.4 is 0 Å². The Morgan fingerprint density at radius 2 is 1.71 bits per heavy atom. The zero-order chi connectivity index (χ0) is 11.5. The highest BCUT2D eigenvalue weighted by Crippen LogP contribution is 2.57. The minimum absolute atomic E-state index is 0.474. The van der Waals surface area contributed by atoms with E-state index < -0.39 is 0 Å². The summed E-state index contributed by atoms with van der Waals surface area (Å²) in [6, 6.07) is 0. The van der Waals surface area contributed by atoms with E-state index in [2.05, 4.69) is 11.6 Å². The van der Waals surface area contributed by atoms with E-state index in [4.69, 9.17) is 4.74 Å². The first-order valence-electron chi connectivity index (χ1n) is 7.11. The first-order valence-corrected chi connectivity index (χ1v) is 8.10. The van der Waals surface area contributed by atoms with Gasteiger partial charge >= 0.3 is 5.23 Å². The van der Waals surface area contributed by atoms with Gasteiger partial charge in [-0.1, -0.05) is 0 Å². The van der Waals surface area contributed by atoms with Gasteiger partial charge in [0.05, 0.1) is 0 Å². The molecule has 4 saturated carbocycles. The molecule has 1 heterocycles. The molecule has 4 bridgehead atoms. The second kappa shape index (κ2) is 3.66. The topological polar surface area (TPSA) is 12.2 Å². The fourth-order valence-corrected chi connectivity index (χ4v) is 6.06. The lowest BCUT2D eigenvalue weighted by Crippen LogP contribution is -2.56. The summed E-state index contributed by atoms with van der Waals surface area (Å²) in [4.78, 5) is 0. The van der Waals surface area contributed by atoms with Gasteiger partial charge in [0.1, 0.15) is 13.7 Å². The normalized spacial score (nSPS) is 50.5. The first-order chi connectivity index (χ1) is 8.25. The molecular formula is C14H22NOS+. The monoisotopic (exact) mass is 252 g/mol. The summed E-state index contributed by atoms with van der Waals surface area (Å²) < 4.78 is 8.35. The van der Waals surface area contributed by atoms with Crippen LogP contribution in [0.3, 0.4) is 0 Å². The molecule has 0 amide bonds. The molecule has 17 heavy (non-hydrogen) atoms. The average molecular weight is 252 g/mol. The Balaban J connectivity index is 1.70. The fourth-order valence-electron chi connectivity index (χ4n) is 5.16. The lowest BCUT2D eigenvalue weighted by molar-refractivity contribution is -0.605. The third kappa shape index (κ3) is 1.57. The summed E-state index contributed by atoms with van der Waals surface area (Å²) >= 11 is 1.92. The number of rotatable bonds is 1. The maximum Gasteiger partial charge on any atom is 0.400 e. The molecular weight excluding hydrogens is 230 g/mol. The van der Waals surface area contributed by atoms with Crippen molar-refractivity contribution in [3.8, 4) is 0 Å². The van der Waals surface area contributed by atoms with Crippen LogP contribution in [0.2, 0.25) is 0 Å². The van der Waals surface area contributed by atoms with E-state index in [1.807, 2.05) is 11.8 Å². The molecule has 0 N–H and O–H groups in total. The van der Waals surface area contributed by atoms with Crippen molar-refractivity contribution in [2.24, 2.45) is 17.8 Å². The van der Waals surface area contributed by atoms with Gasteiger partial charge in [-0.15, -0.1) is 0 Å². The van der Waals surface area contributed by atoms with Crippen LogP contribution in [0.25, 0.3) is 0 Å². The van der Waals surface area contributed by atoms with Gasteiger partial charge in [-0.2, -0.15) is 4.58 Å². The molecule has 0 aromatic carbocycles. The number of hydrogen-bond donors (Lipinski definition) is 0. The number of ether oxygens (including phenoxy) is 1. The van der Waals surface area contributed by atoms with E-state index in [1.165, 1.54) is 43.8 Å². The fraction of sp³-hybridized carbons (Fsp3) is 0.929. The van der Waals surface area contributed by atoms with E-state index in [0.717, 1.165) is 30.1 Å². The zero-order valence-corrected chi connectivity index (χ0v) is 11.5. The molecule has 1 aliphatic heterocycles. The van der Waals surface area contributed by atoms with Gasteiger partial charge in [0, 0.05) is 25.0 Å². The lowest BCUT2D eigenvalue weighted by atomic mass is 9.53. The molecule has 5 fully saturated rings. The van der Waals surface area contributed by atoms with Crippen molar-refractivity contribution in [3.63, 3.8) is 0 Å². The largest absolute Gasteiger partial charge is 0.439 e. The predicted molar refractivity (Wildman–Crippen MR) is 70.5 cm³/mol. The molecule has 0 radical (unpaired) electrons. The van der Waals surface area contributed by atoms with Gasteiger partial charge in [-0.05, 0) is 48.8 Å². The van der Waals surface area contributed by atoms with E-state index in [1.54, 1.807) is 0 Å². The van der Waals surface area contributed by atoms with E-state index >= 15 is 0 Å². The number of thioether (sulfide) groups is 1. The van der Waals surface area contributed by atoms with Crippen molar-refractivity contribution >= 4 is 17.0 Å². The van der Waals surface area contributed by atoms with Crippen molar-refractivity contribution in [3.05, 3.63) is 0 Å². The third-order valence-electron chi connectivity index (χ3n) is 5.53. The number of hydrogen-bond acceptors (Lipinski definition) is 2. The molecule has 0 aromatic heterocycles. The van der Waals surface area contributed by atoms with E-state index in [-0.39, 0.29) is 0 Å². The Morgan fingerprint density at radius 3 is 2.18 bits per heavy atom. The molecule has 1 saturated heterocycles. The lowest BCUT2D eigenvalue weighted by Gasteiger charge is -2.53. The van der Waals surface area contributed by atoms with Crippen LogP contribution in [-0.2, 0) is 4.74 Å². The second-order valence-corrected chi connectivity index (χ2v) is 7.71. The van der Waals surface area contributed by atoms with Crippen LogP contribution in [0.15, 0.2) is 0 Å². The summed E-state index contributed by atoms with van der Waals surface area (Å²) in [6.07, 6.45) is 8.87. The standard InChI is InChI=1S/C14H22NOS/c1-15(13-16-2-3-17-13)14-7-10-4-11(8-14)6-12(5-10)9-14/h10-12H,2-9H2,1H3/q+1. The van der Waals surface area contributed by atoms with Crippen molar-refractivity contribution in [1.29, 1.82) is 0 Å². The number of nitrogens with zero attached hydrogens (tertiary/aromatic N) is 1. The SMILES string of the molecule is C[N+](=C1OCCS1)C12CC3CC(CC(C3)C1)C2. The van der Waals surface area contributed by atoms with Crippen LogP contribution in [0.4, 0.5) is 0 Å². The molecule has 94 valence electrons. The Labute approximate surface area is 108 Å². The molecule has 0 unspecified atom stereocenters. The summed E-state index contributed by atoms with van der Waals surface area (Å²) in [5.41, 5.74) is 0.474. The van der Waals surface area contributed by atoms with Crippen LogP contribution >= 0.6 is 11.8 Å². The Morgan fingerprint density at radius 1 is 1.12 bits per heavy atom. The second-order valence-electron chi connectivity index (χ2n) is 6.66. The molecule has 3 heteroatoms. The summed E-state index contributed by atoms with van der Waals surface area (Å²) in [5.74, 6) is 4.22. The minimum Gasteiger partial charge on any atom is -0.439 e. The zero-order valence-electron chi connectivity index (χ0n) is 10.7. The quantitative estimate of drug-likeness (QED) is 0.665. The minimum atomic E-state index is 0.474. The Bertz CT molecular complexity index is 333. The molecule has 5 aliphatic rings. The summed E-state index contributed by atoms with van der Waals surface area (Å²) in [7, 11) is 2.29.